The number of nitrogens with two attached hydrogens (primary N) is 2. The van der Waals surface area contributed by atoms with Gasteiger partial charge in [0.2, 0.25) is 0 Å². The normalized spacial score (nSPS) is 10.6. The van der Waals surface area contributed by atoms with E-state index in [0.29, 0.717) is 29.0 Å². The second-order valence-corrected chi connectivity index (χ2v) is 5.71. The highest BCUT2D eigenvalue weighted by atomic mass is 16.5. The number of nitrogen functional groups attached to an aromatic ring is 2. The number of nitrogens with zero attached hydrogens (tertiary/aromatic N) is 1. The molecule has 1 aromatic heterocycles. The molecule has 0 spiro atoms. The number of aromatic amines is 1. The average molecular weight is 366 g/mol. The van der Waals surface area contributed by atoms with Crippen LogP contribution < -0.4 is 21.8 Å². The Morgan fingerprint density at radius 1 is 1.19 bits per heavy atom. The molecule has 0 fully saturated rings. The monoisotopic (exact) mass is 366 g/mol. The number of aromatic carboxylic acids is 1. The van der Waals surface area contributed by atoms with Crippen LogP contribution in [-0.2, 0) is 0 Å². The molecule has 1 heterocycles. The molecule has 0 amide bonds. The van der Waals surface area contributed by atoms with E-state index in [0.717, 1.165) is 0 Å². The van der Waals surface area contributed by atoms with E-state index in [1.807, 2.05) is 6.92 Å². The summed E-state index contributed by atoms with van der Waals surface area (Å²) in [6.45, 7) is 2.18. The van der Waals surface area contributed by atoms with Crippen molar-refractivity contribution in [3.8, 4) is 28.3 Å². The zero-order valence-electron chi connectivity index (χ0n) is 14.5. The van der Waals surface area contributed by atoms with Gasteiger partial charge in [0.15, 0.2) is 5.82 Å². The van der Waals surface area contributed by atoms with Gasteiger partial charge in [0.1, 0.15) is 17.3 Å². The van der Waals surface area contributed by atoms with Crippen molar-refractivity contribution in [1.29, 1.82) is 0 Å². The first kappa shape index (κ1) is 18.0. The molecular formula is C19H18N4O4. The van der Waals surface area contributed by atoms with Crippen LogP contribution in [0.4, 0.5) is 11.5 Å². The number of anilines is 2. The van der Waals surface area contributed by atoms with Crippen LogP contribution in [0.15, 0.2) is 47.3 Å². The van der Waals surface area contributed by atoms with Crippen LogP contribution >= 0.6 is 0 Å². The maximum Gasteiger partial charge on any atom is 0.336 e. The van der Waals surface area contributed by atoms with E-state index in [-0.39, 0.29) is 22.9 Å². The predicted octanol–water partition coefficient (Wildman–Crippen LogP) is 2.37. The molecule has 0 unspecified atom stereocenters. The van der Waals surface area contributed by atoms with E-state index in [1.165, 1.54) is 6.07 Å². The number of H-pyrrole nitrogens is 1. The summed E-state index contributed by atoms with van der Waals surface area (Å²) in [5.41, 5.74) is 12.5. The van der Waals surface area contributed by atoms with Crippen molar-refractivity contribution >= 4 is 17.5 Å². The lowest BCUT2D eigenvalue weighted by atomic mass is 9.98. The second-order valence-electron chi connectivity index (χ2n) is 5.71. The number of hydrogen-bond donors (Lipinski definition) is 4. The van der Waals surface area contributed by atoms with Crippen LogP contribution in [0.1, 0.15) is 17.3 Å². The molecule has 6 N–H and O–H groups in total. The fourth-order valence-corrected chi connectivity index (χ4v) is 2.71. The molecule has 27 heavy (non-hydrogen) atoms. The van der Waals surface area contributed by atoms with E-state index in [1.54, 1.807) is 36.4 Å². The number of ether oxygens (including phenoxy) is 1. The zero-order valence-corrected chi connectivity index (χ0v) is 14.5. The van der Waals surface area contributed by atoms with Gasteiger partial charge in [-0.05, 0) is 36.2 Å². The van der Waals surface area contributed by atoms with Gasteiger partial charge in [-0.3, -0.25) is 4.79 Å². The van der Waals surface area contributed by atoms with Crippen molar-refractivity contribution < 1.29 is 14.6 Å². The Bertz CT molecular complexity index is 1080. The quantitative estimate of drug-likeness (QED) is 0.542. The van der Waals surface area contributed by atoms with Crippen molar-refractivity contribution in [3.63, 3.8) is 0 Å². The molecule has 0 saturated heterocycles. The molecule has 8 heteroatoms. The van der Waals surface area contributed by atoms with Gasteiger partial charge in [0.25, 0.3) is 5.56 Å². The van der Waals surface area contributed by atoms with Crippen LogP contribution in [0.5, 0.6) is 5.75 Å². The standard InChI is InChI=1S/C19H18N4O4/c1-2-27-14-9-10(11-5-3-4-6-12(11)19(25)26)7-8-13(14)17-22-16(21)15(20)18(24)23-17/h3-9H,2,20H2,1H3,(H,25,26)(H3,21,22,23,24). The number of aromatic nitrogens is 2. The summed E-state index contributed by atoms with van der Waals surface area (Å²) >= 11 is 0. The smallest absolute Gasteiger partial charge is 0.336 e. The van der Waals surface area contributed by atoms with E-state index in [2.05, 4.69) is 9.97 Å². The largest absolute Gasteiger partial charge is 0.493 e. The maximum atomic E-state index is 11.9. The first-order valence-corrected chi connectivity index (χ1v) is 8.17. The average Bonchev–Trinajstić information content (AvgIpc) is 2.66. The van der Waals surface area contributed by atoms with Crippen LogP contribution in [-0.4, -0.2) is 27.7 Å². The summed E-state index contributed by atoms with van der Waals surface area (Å²) in [5.74, 6) is -0.447. The number of carboxylic acid groups (broad SMARTS) is 1. The second kappa shape index (κ2) is 7.20. The van der Waals surface area contributed by atoms with Gasteiger partial charge >= 0.3 is 5.97 Å². The Hall–Kier alpha value is -3.81. The van der Waals surface area contributed by atoms with Crippen molar-refractivity contribution in [2.45, 2.75) is 6.92 Å². The van der Waals surface area contributed by atoms with Gasteiger partial charge in [-0.25, -0.2) is 9.78 Å². The van der Waals surface area contributed by atoms with Gasteiger partial charge in [0.05, 0.1) is 17.7 Å². The predicted molar refractivity (Wildman–Crippen MR) is 103 cm³/mol. The summed E-state index contributed by atoms with van der Waals surface area (Å²) in [6.07, 6.45) is 0. The van der Waals surface area contributed by atoms with Crippen molar-refractivity contribution in [2.75, 3.05) is 18.1 Å². The molecular weight excluding hydrogens is 348 g/mol. The van der Waals surface area contributed by atoms with Crippen molar-refractivity contribution in [3.05, 3.63) is 58.4 Å². The van der Waals surface area contributed by atoms with Gasteiger partial charge < -0.3 is 26.3 Å². The molecule has 3 rings (SSSR count). The lowest BCUT2D eigenvalue weighted by molar-refractivity contribution is 0.0697. The first-order valence-electron chi connectivity index (χ1n) is 8.17. The Balaban J connectivity index is 2.17. The summed E-state index contributed by atoms with van der Waals surface area (Å²) in [4.78, 5) is 30.1. The Kier molecular flexibility index (Phi) is 4.80. The van der Waals surface area contributed by atoms with E-state index < -0.39 is 11.5 Å². The molecule has 3 aromatic rings. The third-order valence-corrected chi connectivity index (χ3v) is 3.99. The lowest BCUT2D eigenvalue weighted by Gasteiger charge is -2.13. The van der Waals surface area contributed by atoms with E-state index in [4.69, 9.17) is 16.2 Å². The Morgan fingerprint density at radius 2 is 1.93 bits per heavy atom. The zero-order chi connectivity index (χ0) is 19.6. The third kappa shape index (κ3) is 3.45. The minimum absolute atomic E-state index is 0.0727. The van der Waals surface area contributed by atoms with Crippen LogP contribution in [0, 0.1) is 0 Å². The summed E-state index contributed by atoms with van der Waals surface area (Å²) in [5, 5.41) is 9.41. The molecule has 0 bridgehead atoms. The maximum absolute atomic E-state index is 11.9. The SMILES string of the molecule is CCOc1cc(-c2ccccc2C(=O)O)ccc1-c1nc(N)c(N)c(=O)[nH]1. The van der Waals surface area contributed by atoms with Gasteiger partial charge in [-0.15, -0.1) is 0 Å². The summed E-state index contributed by atoms with van der Waals surface area (Å²) in [7, 11) is 0. The molecule has 0 aliphatic rings. The van der Waals surface area contributed by atoms with Gasteiger partial charge in [0, 0.05) is 0 Å². The topological polar surface area (TPSA) is 144 Å². The highest BCUT2D eigenvalue weighted by Gasteiger charge is 2.16. The molecule has 138 valence electrons. The Labute approximate surface area is 154 Å². The minimum atomic E-state index is -1.02. The molecule has 8 nitrogen and oxygen atoms in total. The molecule has 0 atom stereocenters. The van der Waals surface area contributed by atoms with E-state index >= 15 is 0 Å². The number of benzene rings is 2. The molecule has 0 aliphatic heterocycles. The van der Waals surface area contributed by atoms with E-state index in [9.17, 15) is 14.7 Å². The van der Waals surface area contributed by atoms with Crippen LogP contribution in [0.2, 0.25) is 0 Å². The van der Waals surface area contributed by atoms with Crippen molar-refractivity contribution in [1.82, 2.24) is 9.97 Å². The molecule has 0 radical (unpaired) electrons. The van der Waals surface area contributed by atoms with Crippen LogP contribution in [0.25, 0.3) is 22.5 Å². The summed E-state index contributed by atoms with van der Waals surface area (Å²) < 4.78 is 5.68. The summed E-state index contributed by atoms with van der Waals surface area (Å²) in [6, 6.07) is 11.8. The third-order valence-electron chi connectivity index (χ3n) is 3.99. The van der Waals surface area contributed by atoms with Crippen molar-refractivity contribution in [2.24, 2.45) is 0 Å². The lowest BCUT2D eigenvalue weighted by Crippen LogP contribution is -2.17. The molecule has 0 aliphatic carbocycles. The fraction of sp³-hybridized carbons (Fsp3) is 0.105. The number of nitrogens with one attached hydrogen (secondary N) is 1. The highest BCUT2D eigenvalue weighted by molar-refractivity contribution is 5.96. The Morgan fingerprint density at radius 3 is 2.59 bits per heavy atom. The number of carboxylic acids is 1. The number of rotatable bonds is 5. The fourth-order valence-electron chi connectivity index (χ4n) is 2.71. The van der Waals surface area contributed by atoms with Gasteiger partial charge in [-0.1, -0.05) is 24.3 Å². The number of hydrogen-bond acceptors (Lipinski definition) is 6. The van der Waals surface area contributed by atoms with Gasteiger partial charge in [-0.2, -0.15) is 0 Å². The highest BCUT2D eigenvalue weighted by Crippen LogP contribution is 2.34. The molecule has 2 aromatic carbocycles. The minimum Gasteiger partial charge on any atom is -0.493 e. The first-order chi connectivity index (χ1) is 12.9. The number of carbonyl (C=O) groups is 1. The molecule has 0 saturated carbocycles. The van der Waals surface area contributed by atoms with Crippen LogP contribution in [0.3, 0.4) is 0 Å².